The first-order chi connectivity index (χ1) is 14.4. The van der Waals surface area contributed by atoms with Crippen molar-refractivity contribution in [3.8, 4) is 0 Å². The second-order valence-corrected chi connectivity index (χ2v) is 8.56. The minimum atomic E-state index is -0.196. The number of aromatic nitrogens is 2. The number of rotatable bonds is 5. The number of hydrogen-bond acceptors (Lipinski definition) is 4. The highest BCUT2D eigenvalue weighted by atomic mass is 35.5. The molecule has 0 bridgehead atoms. The number of nitrogens with zero attached hydrogens (tertiary/aromatic N) is 3. The van der Waals surface area contributed by atoms with Crippen molar-refractivity contribution in [3.63, 3.8) is 0 Å². The summed E-state index contributed by atoms with van der Waals surface area (Å²) in [5.74, 6) is -0.172. The molecule has 7 heteroatoms. The molecular weight excluding hydrogens is 418 g/mol. The van der Waals surface area contributed by atoms with Crippen molar-refractivity contribution in [1.82, 2.24) is 14.5 Å². The molecule has 1 unspecified atom stereocenters. The molecule has 1 atom stereocenters. The van der Waals surface area contributed by atoms with Crippen molar-refractivity contribution >= 4 is 39.1 Å². The van der Waals surface area contributed by atoms with Crippen LogP contribution in [-0.2, 0) is 6.54 Å². The molecule has 5 nitrogen and oxygen atoms in total. The van der Waals surface area contributed by atoms with Gasteiger partial charge in [-0.05, 0) is 36.8 Å². The predicted molar refractivity (Wildman–Crippen MR) is 121 cm³/mol. The summed E-state index contributed by atoms with van der Waals surface area (Å²) in [6, 6.07) is 18.1. The quantitative estimate of drug-likeness (QED) is 0.441. The lowest BCUT2D eigenvalue weighted by molar-refractivity contribution is 0.0741. The SMILES string of the molecule is CC(c1nc2ccccc2s1)N(C)C(=O)c1ccc(=O)n(Cc2ccccc2Cl)c1. The molecule has 2 aromatic heterocycles. The number of hydrogen-bond donors (Lipinski definition) is 0. The van der Waals surface area contributed by atoms with Gasteiger partial charge in [-0.15, -0.1) is 11.3 Å². The first-order valence-electron chi connectivity index (χ1n) is 9.50. The number of benzene rings is 2. The van der Waals surface area contributed by atoms with Crippen LogP contribution in [0.5, 0.6) is 0 Å². The van der Waals surface area contributed by atoms with E-state index in [1.165, 1.54) is 10.6 Å². The summed E-state index contributed by atoms with van der Waals surface area (Å²) in [6.07, 6.45) is 1.59. The van der Waals surface area contributed by atoms with Crippen molar-refractivity contribution in [3.05, 3.63) is 98.4 Å². The zero-order valence-corrected chi connectivity index (χ0v) is 18.2. The van der Waals surface area contributed by atoms with Gasteiger partial charge in [0.15, 0.2) is 0 Å². The Kier molecular flexibility index (Phi) is 5.70. The van der Waals surface area contributed by atoms with E-state index in [-0.39, 0.29) is 17.5 Å². The van der Waals surface area contributed by atoms with Gasteiger partial charge in [-0.25, -0.2) is 4.98 Å². The van der Waals surface area contributed by atoms with Gasteiger partial charge in [-0.3, -0.25) is 9.59 Å². The van der Waals surface area contributed by atoms with Gasteiger partial charge in [-0.1, -0.05) is 41.9 Å². The maximum Gasteiger partial charge on any atom is 0.255 e. The van der Waals surface area contributed by atoms with Gasteiger partial charge in [0.25, 0.3) is 11.5 Å². The second-order valence-electron chi connectivity index (χ2n) is 7.09. The maximum absolute atomic E-state index is 13.1. The number of thiazole rings is 1. The van der Waals surface area contributed by atoms with E-state index >= 15 is 0 Å². The standard InChI is InChI=1S/C23H20ClN3O2S/c1-15(22-25-19-9-5-6-10-20(19)30-22)26(2)23(29)17-11-12-21(28)27(14-17)13-16-7-3-4-8-18(16)24/h3-12,14-15H,13H2,1-2H3. The Morgan fingerprint density at radius 3 is 2.63 bits per heavy atom. The van der Waals surface area contributed by atoms with E-state index in [9.17, 15) is 9.59 Å². The fraction of sp³-hybridized carbons (Fsp3) is 0.174. The molecule has 0 saturated carbocycles. The van der Waals surface area contributed by atoms with E-state index in [1.54, 1.807) is 41.6 Å². The van der Waals surface area contributed by atoms with E-state index < -0.39 is 0 Å². The van der Waals surface area contributed by atoms with E-state index in [1.807, 2.05) is 49.4 Å². The Balaban J connectivity index is 1.59. The Morgan fingerprint density at radius 2 is 1.87 bits per heavy atom. The molecule has 0 saturated heterocycles. The van der Waals surface area contributed by atoms with Crippen LogP contribution in [0.3, 0.4) is 0 Å². The first-order valence-corrected chi connectivity index (χ1v) is 10.7. The Hall–Kier alpha value is -2.96. The fourth-order valence-electron chi connectivity index (χ4n) is 3.21. The van der Waals surface area contributed by atoms with Crippen molar-refractivity contribution in [2.24, 2.45) is 0 Å². The summed E-state index contributed by atoms with van der Waals surface area (Å²) >= 11 is 7.81. The second kappa shape index (κ2) is 8.42. The number of amides is 1. The van der Waals surface area contributed by atoms with Crippen LogP contribution in [0.25, 0.3) is 10.2 Å². The van der Waals surface area contributed by atoms with E-state index in [2.05, 4.69) is 4.98 Å². The van der Waals surface area contributed by atoms with Gasteiger partial charge >= 0.3 is 0 Å². The Bertz CT molecular complexity index is 1250. The topological polar surface area (TPSA) is 55.2 Å². The number of pyridine rings is 1. The monoisotopic (exact) mass is 437 g/mol. The highest BCUT2D eigenvalue weighted by molar-refractivity contribution is 7.18. The molecule has 1 amide bonds. The van der Waals surface area contributed by atoms with E-state index in [0.717, 1.165) is 20.8 Å². The molecule has 0 aliphatic rings. The lowest BCUT2D eigenvalue weighted by atomic mass is 10.2. The fourth-order valence-corrected chi connectivity index (χ4v) is 4.46. The molecule has 4 rings (SSSR count). The Morgan fingerprint density at radius 1 is 1.13 bits per heavy atom. The molecule has 0 aliphatic heterocycles. The van der Waals surface area contributed by atoms with Gasteiger partial charge in [-0.2, -0.15) is 0 Å². The van der Waals surface area contributed by atoms with Crippen LogP contribution in [0.1, 0.15) is 33.9 Å². The third-order valence-electron chi connectivity index (χ3n) is 5.10. The molecule has 0 fully saturated rings. The zero-order valence-electron chi connectivity index (χ0n) is 16.6. The van der Waals surface area contributed by atoms with Crippen molar-refractivity contribution in [2.75, 3.05) is 7.05 Å². The third kappa shape index (κ3) is 4.01. The van der Waals surface area contributed by atoms with Crippen LogP contribution in [0.15, 0.2) is 71.7 Å². The number of fused-ring (bicyclic) bond motifs is 1. The molecule has 2 aromatic carbocycles. The molecular formula is C23H20ClN3O2S. The zero-order chi connectivity index (χ0) is 21.3. The summed E-state index contributed by atoms with van der Waals surface area (Å²) in [6.45, 7) is 2.26. The van der Waals surface area contributed by atoms with Crippen molar-refractivity contribution in [2.45, 2.75) is 19.5 Å². The Labute approximate surface area is 183 Å². The number of halogens is 1. The van der Waals surface area contributed by atoms with Gasteiger partial charge < -0.3 is 9.47 Å². The van der Waals surface area contributed by atoms with Crippen molar-refractivity contribution < 1.29 is 4.79 Å². The molecule has 0 aliphatic carbocycles. The maximum atomic E-state index is 13.1. The molecule has 0 N–H and O–H groups in total. The largest absolute Gasteiger partial charge is 0.332 e. The van der Waals surface area contributed by atoms with Crippen molar-refractivity contribution in [1.29, 1.82) is 0 Å². The first kappa shape index (κ1) is 20.3. The van der Waals surface area contributed by atoms with Crippen LogP contribution >= 0.6 is 22.9 Å². The van der Waals surface area contributed by atoms with Gasteiger partial charge in [0.1, 0.15) is 5.01 Å². The average Bonchev–Trinajstić information content (AvgIpc) is 3.19. The smallest absolute Gasteiger partial charge is 0.255 e. The summed E-state index contributed by atoms with van der Waals surface area (Å²) in [7, 11) is 1.75. The number of carbonyl (C=O) groups excluding carboxylic acids is 1. The number of carbonyl (C=O) groups is 1. The lowest BCUT2D eigenvalue weighted by Gasteiger charge is -2.23. The molecule has 152 valence electrons. The molecule has 0 radical (unpaired) electrons. The lowest BCUT2D eigenvalue weighted by Crippen LogP contribution is -2.31. The summed E-state index contributed by atoms with van der Waals surface area (Å²) < 4.78 is 2.60. The minimum Gasteiger partial charge on any atom is -0.332 e. The van der Waals surface area contributed by atoms with E-state index in [0.29, 0.717) is 17.1 Å². The predicted octanol–water partition coefficient (Wildman–Crippen LogP) is 4.99. The highest BCUT2D eigenvalue weighted by Crippen LogP contribution is 2.29. The summed E-state index contributed by atoms with van der Waals surface area (Å²) in [4.78, 5) is 31.8. The van der Waals surface area contributed by atoms with E-state index in [4.69, 9.17) is 11.6 Å². The normalized spacial score (nSPS) is 12.1. The van der Waals surface area contributed by atoms with Crippen LogP contribution in [0.2, 0.25) is 5.02 Å². The van der Waals surface area contributed by atoms with Gasteiger partial charge in [0.05, 0.1) is 28.4 Å². The number of para-hydroxylation sites is 1. The molecule has 0 spiro atoms. The molecule has 2 heterocycles. The van der Waals surface area contributed by atoms with Crippen LogP contribution in [0.4, 0.5) is 0 Å². The summed E-state index contributed by atoms with van der Waals surface area (Å²) in [5, 5.41) is 1.46. The average molecular weight is 438 g/mol. The molecule has 30 heavy (non-hydrogen) atoms. The van der Waals surface area contributed by atoms with Gasteiger partial charge in [0, 0.05) is 24.3 Å². The summed E-state index contributed by atoms with van der Waals surface area (Å²) in [5.41, 5.74) is 2.01. The van der Waals surface area contributed by atoms with Crippen LogP contribution < -0.4 is 5.56 Å². The van der Waals surface area contributed by atoms with Gasteiger partial charge in [0.2, 0.25) is 0 Å². The van der Waals surface area contributed by atoms with Crippen LogP contribution in [-0.4, -0.2) is 27.4 Å². The highest BCUT2D eigenvalue weighted by Gasteiger charge is 2.22. The van der Waals surface area contributed by atoms with Crippen LogP contribution in [0, 0.1) is 0 Å². The molecule has 4 aromatic rings. The minimum absolute atomic E-state index is 0.172. The third-order valence-corrected chi connectivity index (χ3v) is 6.67.